The van der Waals surface area contributed by atoms with Gasteiger partial charge in [0.1, 0.15) is 17.5 Å². The molecule has 0 unspecified atom stereocenters. The van der Waals surface area contributed by atoms with Gasteiger partial charge in [-0.2, -0.15) is 4.31 Å². The van der Waals surface area contributed by atoms with Gasteiger partial charge in [0.2, 0.25) is 15.9 Å². The van der Waals surface area contributed by atoms with Crippen molar-refractivity contribution in [3.8, 4) is 0 Å². The van der Waals surface area contributed by atoms with E-state index in [1.165, 1.54) is 24.4 Å². The van der Waals surface area contributed by atoms with Gasteiger partial charge < -0.3 is 21.3 Å². The highest BCUT2D eigenvalue weighted by Crippen LogP contribution is 2.26. The number of carbonyl (C=O) groups is 1. The first kappa shape index (κ1) is 28.2. The fourth-order valence-corrected chi connectivity index (χ4v) is 5.60. The SMILES string of the molecule is CC(C)S(=O)(=O)N1CCN(c2ccc(Nc3cc(NCc4c(F)cccc4F)c(CC(N)=O)cn3)cc2)CC1. The number of anilines is 4. The topological polar surface area (TPSA) is 121 Å². The Bertz CT molecular complexity index is 1410. The van der Waals surface area contributed by atoms with Crippen LogP contribution in [-0.4, -0.2) is 55.0 Å². The number of rotatable bonds is 10. The van der Waals surface area contributed by atoms with E-state index in [1.807, 2.05) is 24.3 Å². The lowest BCUT2D eigenvalue weighted by Crippen LogP contribution is -2.50. The summed E-state index contributed by atoms with van der Waals surface area (Å²) in [7, 11) is -3.26. The van der Waals surface area contributed by atoms with Gasteiger partial charge in [-0.25, -0.2) is 22.2 Å². The van der Waals surface area contributed by atoms with Crippen LogP contribution in [0.15, 0.2) is 54.7 Å². The number of nitrogens with one attached hydrogen (secondary N) is 2. The molecule has 3 aromatic rings. The van der Waals surface area contributed by atoms with Crippen molar-refractivity contribution in [3.05, 3.63) is 77.5 Å². The summed E-state index contributed by atoms with van der Waals surface area (Å²) in [5.41, 5.74) is 7.94. The Morgan fingerprint density at radius 2 is 1.69 bits per heavy atom. The first-order chi connectivity index (χ1) is 18.5. The maximum Gasteiger partial charge on any atom is 0.221 e. The van der Waals surface area contributed by atoms with Crippen molar-refractivity contribution in [3.63, 3.8) is 0 Å². The number of aromatic nitrogens is 1. The number of carbonyl (C=O) groups excluding carboxylic acids is 1. The minimum absolute atomic E-state index is 0.0875. The van der Waals surface area contributed by atoms with Crippen LogP contribution in [0.3, 0.4) is 0 Å². The molecule has 0 spiro atoms. The Hall–Kier alpha value is -3.77. The van der Waals surface area contributed by atoms with E-state index < -0.39 is 32.8 Å². The molecule has 0 bridgehead atoms. The summed E-state index contributed by atoms with van der Waals surface area (Å²) in [5, 5.41) is 5.75. The highest BCUT2D eigenvalue weighted by molar-refractivity contribution is 7.89. The molecule has 12 heteroatoms. The lowest BCUT2D eigenvalue weighted by molar-refractivity contribution is -0.117. The largest absolute Gasteiger partial charge is 0.380 e. The summed E-state index contributed by atoms with van der Waals surface area (Å²) in [6, 6.07) is 13.0. The van der Waals surface area contributed by atoms with Crippen LogP contribution < -0.4 is 21.3 Å². The highest BCUT2D eigenvalue weighted by atomic mass is 32.2. The van der Waals surface area contributed by atoms with Crippen LogP contribution in [0.4, 0.5) is 31.7 Å². The number of sulfonamides is 1. The summed E-state index contributed by atoms with van der Waals surface area (Å²) in [6.45, 7) is 5.32. The van der Waals surface area contributed by atoms with Crippen LogP contribution in [0, 0.1) is 11.6 Å². The zero-order valence-corrected chi connectivity index (χ0v) is 22.6. The van der Waals surface area contributed by atoms with Crippen molar-refractivity contribution in [2.75, 3.05) is 41.7 Å². The summed E-state index contributed by atoms with van der Waals surface area (Å²) in [6.07, 6.45) is 1.40. The molecule has 1 aliphatic rings. The number of nitrogens with two attached hydrogens (primary N) is 1. The summed E-state index contributed by atoms with van der Waals surface area (Å²) >= 11 is 0. The normalized spacial score (nSPS) is 14.4. The van der Waals surface area contributed by atoms with Crippen LogP contribution in [0.1, 0.15) is 25.0 Å². The lowest BCUT2D eigenvalue weighted by atomic mass is 10.1. The molecule has 4 rings (SSSR count). The highest BCUT2D eigenvalue weighted by Gasteiger charge is 2.29. The Balaban J connectivity index is 1.44. The molecule has 39 heavy (non-hydrogen) atoms. The number of pyridine rings is 1. The molecule has 1 saturated heterocycles. The van der Waals surface area contributed by atoms with Gasteiger partial charge in [0.05, 0.1) is 11.7 Å². The number of hydrogen-bond acceptors (Lipinski definition) is 7. The predicted molar refractivity (Wildman–Crippen MR) is 148 cm³/mol. The van der Waals surface area contributed by atoms with Crippen molar-refractivity contribution in [2.45, 2.75) is 32.1 Å². The van der Waals surface area contributed by atoms with E-state index in [4.69, 9.17) is 5.73 Å². The number of hydrogen-bond donors (Lipinski definition) is 3. The summed E-state index contributed by atoms with van der Waals surface area (Å²) in [4.78, 5) is 18.0. The summed E-state index contributed by atoms with van der Waals surface area (Å²) in [5.74, 6) is -1.44. The molecule has 1 aromatic heterocycles. The average molecular weight is 559 g/mol. The molecule has 2 heterocycles. The van der Waals surface area contributed by atoms with Gasteiger partial charge >= 0.3 is 0 Å². The van der Waals surface area contributed by atoms with E-state index in [9.17, 15) is 22.0 Å². The number of primary amides is 1. The molecule has 4 N–H and O–H groups in total. The van der Waals surface area contributed by atoms with Crippen LogP contribution in [0.25, 0.3) is 0 Å². The molecule has 1 aliphatic heterocycles. The number of halogens is 2. The third-order valence-electron chi connectivity index (χ3n) is 6.57. The molecule has 0 radical (unpaired) electrons. The van der Waals surface area contributed by atoms with Gasteiger partial charge in [-0.3, -0.25) is 4.79 Å². The van der Waals surface area contributed by atoms with Crippen molar-refractivity contribution in [1.82, 2.24) is 9.29 Å². The third kappa shape index (κ3) is 6.82. The van der Waals surface area contributed by atoms with E-state index in [1.54, 1.807) is 24.2 Å². The van der Waals surface area contributed by atoms with E-state index in [-0.39, 0.29) is 18.5 Å². The van der Waals surface area contributed by atoms with E-state index in [2.05, 4.69) is 20.5 Å². The Labute approximate surface area is 227 Å². The van der Waals surface area contributed by atoms with Crippen molar-refractivity contribution >= 4 is 38.8 Å². The van der Waals surface area contributed by atoms with Gasteiger partial charge in [-0.15, -0.1) is 0 Å². The minimum Gasteiger partial charge on any atom is -0.380 e. The van der Waals surface area contributed by atoms with Gasteiger partial charge in [0.15, 0.2) is 0 Å². The Kier molecular flexibility index (Phi) is 8.66. The van der Waals surface area contributed by atoms with Crippen LogP contribution in [-0.2, 0) is 27.8 Å². The molecule has 1 amide bonds. The maximum absolute atomic E-state index is 14.1. The van der Waals surface area contributed by atoms with E-state index >= 15 is 0 Å². The molecule has 2 aromatic carbocycles. The quantitative estimate of drug-likeness (QED) is 0.348. The average Bonchev–Trinajstić information content (AvgIpc) is 2.90. The molecule has 208 valence electrons. The van der Waals surface area contributed by atoms with Gasteiger partial charge in [-0.05, 0) is 50.2 Å². The summed E-state index contributed by atoms with van der Waals surface area (Å²) < 4.78 is 54.6. The lowest BCUT2D eigenvalue weighted by Gasteiger charge is -2.36. The van der Waals surface area contributed by atoms with Gasteiger partial charge in [-0.1, -0.05) is 6.07 Å². The molecule has 9 nitrogen and oxygen atoms in total. The standard InChI is InChI=1S/C27H32F2N6O3S/c1-18(2)39(37,38)35-12-10-34(11-13-35)21-8-6-20(7-9-21)33-27-15-25(19(16-32-27)14-26(30)36)31-17-22-23(28)4-3-5-24(22)29/h3-9,15-16,18H,10-14,17H2,1-2H3,(H2,30,36)(H2,31,32,33). The van der Waals surface area contributed by atoms with Crippen LogP contribution in [0.5, 0.6) is 0 Å². The Morgan fingerprint density at radius 3 is 2.28 bits per heavy atom. The van der Waals surface area contributed by atoms with E-state index in [0.717, 1.165) is 11.4 Å². The maximum atomic E-state index is 14.1. The van der Waals surface area contributed by atoms with Crippen molar-refractivity contribution in [2.24, 2.45) is 5.73 Å². The molecule has 0 saturated carbocycles. The fraction of sp³-hybridized carbons (Fsp3) is 0.333. The third-order valence-corrected chi connectivity index (χ3v) is 8.84. The van der Waals surface area contributed by atoms with Crippen LogP contribution in [0.2, 0.25) is 0 Å². The molecule has 1 fully saturated rings. The number of piperazine rings is 1. The predicted octanol–water partition coefficient (Wildman–Crippen LogP) is 3.60. The second kappa shape index (κ2) is 12.0. The van der Waals surface area contributed by atoms with Crippen molar-refractivity contribution in [1.29, 1.82) is 0 Å². The van der Waals surface area contributed by atoms with Gasteiger partial charge in [0.25, 0.3) is 0 Å². The number of nitrogens with zero attached hydrogens (tertiary/aromatic N) is 3. The fourth-order valence-electron chi connectivity index (χ4n) is 4.33. The van der Waals surface area contributed by atoms with Crippen molar-refractivity contribution < 1.29 is 22.0 Å². The second-order valence-corrected chi connectivity index (χ2v) is 12.1. The first-order valence-corrected chi connectivity index (χ1v) is 14.1. The molecular formula is C27H32F2N6O3S. The minimum atomic E-state index is -3.26. The smallest absolute Gasteiger partial charge is 0.221 e. The Morgan fingerprint density at radius 1 is 1.05 bits per heavy atom. The zero-order valence-electron chi connectivity index (χ0n) is 21.8. The van der Waals surface area contributed by atoms with Gasteiger partial charge in [0, 0.05) is 73.2 Å². The van der Waals surface area contributed by atoms with E-state index in [0.29, 0.717) is 43.2 Å². The molecule has 0 atom stereocenters. The molecule has 0 aliphatic carbocycles. The molecular weight excluding hydrogens is 526 g/mol. The monoisotopic (exact) mass is 558 g/mol. The van der Waals surface area contributed by atoms with Crippen LogP contribution >= 0.6 is 0 Å². The first-order valence-electron chi connectivity index (χ1n) is 12.6. The number of benzene rings is 2. The number of amides is 1. The second-order valence-electron chi connectivity index (χ2n) is 9.58. The zero-order chi connectivity index (χ0) is 28.2.